The summed E-state index contributed by atoms with van der Waals surface area (Å²) in [6, 6.07) is 0. The minimum atomic E-state index is -0.206. The zero-order chi connectivity index (χ0) is 12.3. The second-order valence-corrected chi connectivity index (χ2v) is 6.66. The summed E-state index contributed by atoms with van der Waals surface area (Å²) in [5.74, 6) is 2.10. The highest BCUT2D eigenvalue weighted by molar-refractivity contribution is 4.80. The quantitative estimate of drug-likeness (QED) is 0.532. The summed E-state index contributed by atoms with van der Waals surface area (Å²) < 4.78 is 0. The highest BCUT2D eigenvalue weighted by Gasteiger charge is 2.33. The van der Waals surface area contributed by atoms with E-state index in [1.54, 1.807) is 0 Å². The maximum atomic E-state index is 5.69. The van der Waals surface area contributed by atoms with E-state index < -0.39 is 0 Å². The minimum Gasteiger partial charge on any atom is -0.233 e. The van der Waals surface area contributed by atoms with Crippen LogP contribution in [-0.2, 0) is 9.78 Å². The molecule has 3 unspecified atom stereocenters. The predicted octanol–water partition coefficient (Wildman–Crippen LogP) is 4.19. The first-order valence-electron chi connectivity index (χ1n) is 6.64. The molecule has 0 N–H and O–H groups in total. The summed E-state index contributed by atoms with van der Waals surface area (Å²) in [5, 5.41) is 0. The van der Waals surface area contributed by atoms with Gasteiger partial charge in [0.2, 0.25) is 0 Å². The van der Waals surface area contributed by atoms with E-state index in [0.717, 1.165) is 12.3 Å². The Morgan fingerprint density at radius 2 is 1.75 bits per heavy atom. The van der Waals surface area contributed by atoms with Gasteiger partial charge >= 0.3 is 0 Å². The van der Waals surface area contributed by atoms with Crippen LogP contribution in [0.4, 0.5) is 0 Å². The molecule has 0 spiro atoms. The molecule has 1 aliphatic rings. The van der Waals surface area contributed by atoms with E-state index in [1.807, 2.05) is 20.8 Å². The fourth-order valence-electron chi connectivity index (χ4n) is 2.43. The normalized spacial score (nSPS) is 32.1. The van der Waals surface area contributed by atoms with E-state index in [1.165, 1.54) is 12.8 Å². The Morgan fingerprint density at radius 1 is 1.12 bits per heavy atom. The SMILES string of the molecule is CC1CCC(C(C)C)C(OOC(C)(C)C)C1. The Labute approximate surface area is 101 Å². The molecule has 16 heavy (non-hydrogen) atoms. The lowest BCUT2D eigenvalue weighted by Crippen LogP contribution is -2.36. The van der Waals surface area contributed by atoms with Crippen LogP contribution >= 0.6 is 0 Å². The van der Waals surface area contributed by atoms with Crippen molar-refractivity contribution in [3.8, 4) is 0 Å². The highest BCUT2D eigenvalue weighted by Crippen LogP contribution is 2.35. The number of hydrogen-bond donors (Lipinski definition) is 0. The van der Waals surface area contributed by atoms with Gasteiger partial charge in [-0.05, 0) is 51.4 Å². The van der Waals surface area contributed by atoms with Crippen molar-refractivity contribution in [2.24, 2.45) is 17.8 Å². The lowest BCUT2D eigenvalue weighted by Gasteiger charge is -2.37. The van der Waals surface area contributed by atoms with Crippen LogP contribution in [0.1, 0.15) is 60.8 Å². The smallest absolute Gasteiger partial charge is 0.0963 e. The third-order valence-corrected chi connectivity index (χ3v) is 3.38. The van der Waals surface area contributed by atoms with E-state index >= 15 is 0 Å². The Balaban J connectivity index is 2.51. The van der Waals surface area contributed by atoms with Gasteiger partial charge in [-0.3, -0.25) is 0 Å². The van der Waals surface area contributed by atoms with Gasteiger partial charge in [-0.2, -0.15) is 0 Å². The average molecular weight is 228 g/mol. The summed E-state index contributed by atoms with van der Waals surface area (Å²) in [4.78, 5) is 11.2. The first kappa shape index (κ1) is 14.0. The maximum absolute atomic E-state index is 5.69. The van der Waals surface area contributed by atoms with Crippen molar-refractivity contribution >= 4 is 0 Å². The van der Waals surface area contributed by atoms with Crippen LogP contribution < -0.4 is 0 Å². The summed E-state index contributed by atoms with van der Waals surface area (Å²) in [6.45, 7) is 13.0. The van der Waals surface area contributed by atoms with Crippen molar-refractivity contribution in [3.63, 3.8) is 0 Å². The molecule has 2 nitrogen and oxygen atoms in total. The molecule has 3 atom stereocenters. The molecule has 1 saturated carbocycles. The molecule has 0 aromatic heterocycles. The first-order chi connectivity index (χ1) is 7.29. The molecule has 0 saturated heterocycles. The van der Waals surface area contributed by atoms with E-state index in [9.17, 15) is 0 Å². The molecule has 1 fully saturated rings. The highest BCUT2D eigenvalue weighted by atomic mass is 17.2. The van der Waals surface area contributed by atoms with Crippen molar-refractivity contribution in [3.05, 3.63) is 0 Å². The van der Waals surface area contributed by atoms with Crippen LogP contribution in [0.3, 0.4) is 0 Å². The van der Waals surface area contributed by atoms with Crippen LogP contribution in [-0.4, -0.2) is 11.7 Å². The average Bonchev–Trinajstić information content (AvgIpc) is 2.13. The fourth-order valence-corrected chi connectivity index (χ4v) is 2.43. The van der Waals surface area contributed by atoms with Gasteiger partial charge in [0.05, 0.1) is 11.7 Å². The first-order valence-corrected chi connectivity index (χ1v) is 6.64. The molecule has 2 heteroatoms. The Kier molecular flexibility index (Phi) is 4.81. The van der Waals surface area contributed by atoms with Crippen LogP contribution in [0, 0.1) is 17.8 Å². The van der Waals surface area contributed by atoms with Crippen molar-refractivity contribution < 1.29 is 9.78 Å². The van der Waals surface area contributed by atoms with Gasteiger partial charge in [0, 0.05) is 0 Å². The lowest BCUT2D eigenvalue weighted by molar-refractivity contribution is -0.386. The van der Waals surface area contributed by atoms with Crippen molar-refractivity contribution in [2.45, 2.75) is 72.5 Å². The third kappa shape index (κ3) is 4.42. The van der Waals surface area contributed by atoms with Crippen LogP contribution in [0.2, 0.25) is 0 Å². The molecule has 0 aromatic carbocycles. The van der Waals surface area contributed by atoms with E-state index in [2.05, 4.69) is 20.8 Å². The Hall–Kier alpha value is -0.0800. The Bertz CT molecular complexity index is 205. The molecule has 1 aliphatic carbocycles. The lowest BCUT2D eigenvalue weighted by atomic mass is 9.75. The van der Waals surface area contributed by atoms with Crippen molar-refractivity contribution in [1.82, 2.24) is 0 Å². The van der Waals surface area contributed by atoms with Crippen molar-refractivity contribution in [1.29, 1.82) is 0 Å². The van der Waals surface area contributed by atoms with Gasteiger partial charge in [0.15, 0.2) is 0 Å². The maximum Gasteiger partial charge on any atom is 0.0963 e. The molecule has 0 heterocycles. The number of hydrogen-bond acceptors (Lipinski definition) is 2. The second-order valence-electron chi connectivity index (χ2n) is 6.66. The van der Waals surface area contributed by atoms with E-state index in [0.29, 0.717) is 11.8 Å². The van der Waals surface area contributed by atoms with Gasteiger partial charge < -0.3 is 0 Å². The summed E-state index contributed by atoms with van der Waals surface area (Å²) >= 11 is 0. The zero-order valence-electron chi connectivity index (χ0n) is 11.7. The molecule has 1 rings (SSSR count). The fraction of sp³-hybridized carbons (Fsp3) is 1.00. The van der Waals surface area contributed by atoms with Gasteiger partial charge in [0.1, 0.15) is 0 Å². The largest absolute Gasteiger partial charge is 0.233 e. The minimum absolute atomic E-state index is 0.206. The second kappa shape index (κ2) is 5.50. The van der Waals surface area contributed by atoms with E-state index in [-0.39, 0.29) is 11.7 Å². The van der Waals surface area contributed by atoms with Gasteiger partial charge in [-0.25, -0.2) is 9.78 Å². The molecule has 96 valence electrons. The Morgan fingerprint density at radius 3 is 2.25 bits per heavy atom. The molecule has 0 amide bonds. The summed E-state index contributed by atoms with van der Waals surface area (Å²) in [7, 11) is 0. The predicted molar refractivity (Wildman–Crippen MR) is 67.1 cm³/mol. The molecular weight excluding hydrogens is 200 g/mol. The molecule has 0 aliphatic heterocycles. The molecule has 0 bridgehead atoms. The third-order valence-electron chi connectivity index (χ3n) is 3.38. The monoisotopic (exact) mass is 228 g/mol. The topological polar surface area (TPSA) is 18.5 Å². The van der Waals surface area contributed by atoms with Crippen LogP contribution in [0.5, 0.6) is 0 Å². The van der Waals surface area contributed by atoms with Crippen LogP contribution in [0.25, 0.3) is 0 Å². The van der Waals surface area contributed by atoms with Gasteiger partial charge in [0.25, 0.3) is 0 Å². The summed E-state index contributed by atoms with van der Waals surface area (Å²) in [6.07, 6.45) is 4.02. The van der Waals surface area contributed by atoms with E-state index in [4.69, 9.17) is 9.78 Å². The summed E-state index contributed by atoms with van der Waals surface area (Å²) in [5.41, 5.74) is -0.206. The molecule has 0 aromatic rings. The van der Waals surface area contributed by atoms with Gasteiger partial charge in [-0.1, -0.05) is 27.2 Å². The van der Waals surface area contributed by atoms with Crippen molar-refractivity contribution in [2.75, 3.05) is 0 Å². The zero-order valence-corrected chi connectivity index (χ0v) is 11.7. The standard InChI is InChI=1S/C14H28O2/c1-10(2)12-8-7-11(3)9-13(12)15-16-14(4,5)6/h10-13H,7-9H2,1-6H3. The number of rotatable bonds is 3. The van der Waals surface area contributed by atoms with Gasteiger partial charge in [-0.15, -0.1) is 0 Å². The molecular formula is C14H28O2. The van der Waals surface area contributed by atoms with Crippen LogP contribution in [0.15, 0.2) is 0 Å². The molecule has 0 radical (unpaired) electrons.